The molecule has 2 fully saturated rings. The van der Waals surface area contributed by atoms with Crippen molar-refractivity contribution in [2.75, 3.05) is 32.8 Å². The Hall–Kier alpha value is -3.14. The second-order valence-corrected chi connectivity index (χ2v) is 12.1. The summed E-state index contributed by atoms with van der Waals surface area (Å²) in [6.07, 6.45) is 7.30. The molecule has 1 saturated heterocycles. The van der Waals surface area contributed by atoms with Crippen LogP contribution in [0.15, 0.2) is 24.3 Å². The molecule has 10 nitrogen and oxygen atoms in total. The van der Waals surface area contributed by atoms with Crippen LogP contribution < -0.4 is 26.0 Å². The van der Waals surface area contributed by atoms with Crippen LogP contribution in [0.5, 0.6) is 5.75 Å². The summed E-state index contributed by atoms with van der Waals surface area (Å²) in [5.74, 6) is -0.817. The van der Waals surface area contributed by atoms with E-state index in [0.717, 1.165) is 45.3 Å². The number of ether oxygens (including phenoxy) is 1. The molecule has 4 N–H and O–H groups in total. The summed E-state index contributed by atoms with van der Waals surface area (Å²) in [6, 6.07) is 5.67. The molecular weight excluding hydrogens is 522 g/mol. The van der Waals surface area contributed by atoms with E-state index in [1.54, 1.807) is 24.3 Å². The molecule has 41 heavy (non-hydrogen) atoms. The number of unbranched alkanes of at least 4 members (excludes halogenated alkanes) is 1. The molecule has 2 atom stereocenters. The second kappa shape index (κ2) is 14.7. The molecule has 1 saturated carbocycles. The molecule has 1 aromatic carbocycles. The van der Waals surface area contributed by atoms with Crippen molar-refractivity contribution in [3.63, 3.8) is 0 Å². The number of carbonyl (C=O) groups excluding carboxylic acids is 4. The average molecular weight is 570 g/mol. The van der Waals surface area contributed by atoms with Gasteiger partial charge < -0.3 is 30.9 Å². The molecule has 2 aliphatic heterocycles. The van der Waals surface area contributed by atoms with Crippen molar-refractivity contribution < 1.29 is 23.9 Å². The van der Waals surface area contributed by atoms with E-state index < -0.39 is 17.5 Å². The molecule has 0 bridgehead atoms. The molecule has 4 rings (SSSR count). The van der Waals surface area contributed by atoms with Gasteiger partial charge in [-0.3, -0.25) is 19.2 Å². The largest absolute Gasteiger partial charge is 0.491 e. The minimum absolute atomic E-state index is 0.00805. The topological polar surface area (TPSA) is 129 Å². The molecule has 1 aromatic rings. The summed E-state index contributed by atoms with van der Waals surface area (Å²) in [5.41, 5.74) is -0.671. The van der Waals surface area contributed by atoms with Crippen LogP contribution >= 0.6 is 0 Å². The zero-order valence-electron chi connectivity index (χ0n) is 24.6. The van der Waals surface area contributed by atoms with Crippen molar-refractivity contribution in [2.24, 2.45) is 5.92 Å². The normalized spacial score (nSPS) is 24.0. The van der Waals surface area contributed by atoms with Gasteiger partial charge in [-0.05, 0) is 82.6 Å². The molecule has 0 unspecified atom stereocenters. The highest BCUT2D eigenvalue weighted by Gasteiger charge is 2.43. The molecule has 3 aliphatic rings. The van der Waals surface area contributed by atoms with Gasteiger partial charge in [-0.25, -0.2) is 0 Å². The van der Waals surface area contributed by atoms with Crippen molar-refractivity contribution >= 4 is 23.6 Å². The van der Waals surface area contributed by atoms with Gasteiger partial charge in [-0.2, -0.15) is 0 Å². The Morgan fingerprint density at radius 1 is 1.05 bits per heavy atom. The van der Waals surface area contributed by atoms with E-state index in [2.05, 4.69) is 26.2 Å². The van der Waals surface area contributed by atoms with E-state index in [0.29, 0.717) is 30.7 Å². The Kier molecular flexibility index (Phi) is 11.0. The number of rotatable bonds is 7. The van der Waals surface area contributed by atoms with Crippen LogP contribution in [0, 0.1) is 5.92 Å². The molecular formula is C31H47N5O5. The summed E-state index contributed by atoms with van der Waals surface area (Å²) >= 11 is 0. The number of hydrogen-bond donors (Lipinski definition) is 4. The number of carbonyl (C=O) groups is 4. The fraction of sp³-hybridized carbons (Fsp3) is 0.677. The van der Waals surface area contributed by atoms with Gasteiger partial charge in [0.05, 0.1) is 11.6 Å². The quantitative estimate of drug-likeness (QED) is 0.374. The summed E-state index contributed by atoms with van der Waals surface area (Å²) < 4.78 is 6.09. The molecule has 1 aliphatic carbocycles. The Morgan fingerprint density at radius 2 is 1.78 bits per heavy atom. The van der Waals surface area contributed by atoms with Crippen LogP contribution in [-0.2, 0) is 14.4 Å². The predicted molar refractivity (Wildman–Crippen MR) is 156 cm³/mol. The van der Waals surface area contributed by atoms with Gasteiger partial charge >= 0.3 is 0 Å². The minimum atomic E-state index is -0.974. The molecule has 226 valence electrons. The van der Waals surface area contributed by atoms with Crippen LogP contribution in [0.1, 0.15) is 88.4 Å². The van der Waals surface area contributed by atoms with E-state index in [-0.39, 0.29) is 49.1 Å². The predicted octanol–water partition coefficient (Wildman–Crippen LogP) is 2.52. The van der Waals surface area contributed by atoms with Crippen LogP contribution in [0.2, 0.25) is 0 Å². The monoisotopic (exact) mass is 569 g/mol. The summed E-state index contributed by atoms with van der Waals surface area (Å²) in [4.78, 5) is 55.8. The van der Waals surface area contributed by atoms with Gasteiger partial charge in [0, 0.05) is 13.0 Å². The minimum Gasteiger partial charge on any atom is -0.491 e. The maximum Gasteiger partial charge on any atom is 0.255 e. The van der Waals surface area contributed by atoms with Crippen molar-refractivity contribution in [1.82, 2.24) is 26.2 Å². The van der Waals surface area contributed by atoms with Gasteiger partial charge in [0.25, 0.3) is 5.91 Å². The van der Waals surface area contributed by atoms with Crippen LogP contribution in [0.3, 0.4) is 0 Å². The zero-order chi connectivity index (χ0) is 29.2. The number of fused-ring (bicyclic) bond motifs is 1. The molecule has 0 aromatic heterocycles. The van der Waals surface area contributed by atoms with E-state index in [1.807, 2.05) is 13.8 Å². The van der Waals surface area contributed by atoms with Gasteiger partial charge in [0.2, 0.25) is 17.7 Å². The molecule has 0 radical (unpaired) electrons. The standard InChI is InChI=1S/C31H47N5O5/c1-22(2)25-21-41-26-12-4-3-11-23(26)28(38)33-24(29(39)32-17-7-8-18-36-19-9-10-20-36)13-14-27(37)35-31(30(40)34-25)15-5-6-16-31/h3-4,11-12,22,24-25H,5-10,13-21H2,1-2H3,(H,32,39)(H,33,38)(H,34,40)(H,35,37)/t24-,25+/m0/s1. The summed E-state index contributed by atoms with van der Waals surface area (Å²) in [7, 11) is 0. The fourth-order valence-corrected chi connectivity index (χ4v) is 5.97. The first-order valence-corrected chi connectivity index (χ1v) is 15.4. The number of nitrogens with zero attached hydrogens (tertiary/aromatic N) is 1. The van der Waals surface area contributed by atoms with E-state index in [4.69, 9.17) is 4.74 Å². The fourth-order valence-electron chi connectivity index (χ4n) is 5.97. The highest BCUT2D eigenvalue weighted by atomic mass is 16.5. The van der Waals surface area contributed by atoms with Gasteiger partial charge in [-0.1, -0.05) is 38.8 Å². The highest BCUT2D eigenvalue weighted by Crippen LogP contribution is 2.31. The Labute approximate surface area is 243 Å². The van der Waals surface area contributed by atoms with Crippen molar-refractivity contribution in [1.29, 1.82) is 0 Å². The van der Waals surface area contributed by atoms with E-state index >= 15 is 0 Å². The lowest BCUT2D eigenvalue weighted by molar-refractivity contribution is -0.134. The highest BCUT2D eigenvalue weighted by molar-refractivity contribution is 6.00. The molecule has 1 spiro atoms. The third-order valence-corrected chi connectivity index (χ3v) is 8.62. The summed E-state index contributed by atoms with van der Waals surface area (Å²) in [6.45, 7) is 7.99. The number of likely N-dealkylation sites (tertiary alicyclic amines) is 1. The SMILES string of the molecule is CC(C)[C@H]1COc2ccccc2C(=O)N[C@H](C(=O)NCCCCN2CCCC2)CCC(=O)NC2(CCCC2)C(=O)N1. The van der Waals surface area contributed by atoms with Crippen LogP contribution in [-0.4, -0.2) is 78.9 Å². The first kappa shape index (κ1) is 30.8. The first-order chi connectivity index (χ1) is 19.8. The average Bonchev–Trinajstić information content (AvgIpc) is 3.65. The lowest BCUT2D eigenvalue weighted by Crippen LogP contribution is -2.60. The smallest absolute Gasteiger partial charge is 0.255 e. The number of nitrogens with one attached hydrogen (secondary N) is 4. The van der Waals surface area contributed by atoms with Gasteiger partial charge in [0.15, 0.2) is 0 Å². The van der Waals surface area contributed by atoms with Gasteiger partial charge in [0.1, 0.15) is 23.9 Å². The maximum atomic E-state index is 13.5. The van der Waals surface area contributed by atoms with Crippen molar-refractivity contribution in [2.45, 2.75) is 95.7 Å². The second-order valence-electron chi connectivity index (χ2n) is 12.1. The van der Waals surface area contributed by atoms with Crippen molar-refractivity contribution in [3.05, 3.63) is 29.8 Å². The van der Waals surface area contributed by atoms with E-state index in [9.17, 15) is 19.2 Å². The Morgan fingerprint density at radius 3 is 2.51 bits per heavy atom. The molecule has 10 heteroatoms. The van der Waals surface area contributed by atoms with Crippen LogP contribution in [0.25, 0.3) is 0 Å². The third kappa shape index (κ3) is 8.44. The lowest BCUT2D eigenvalue weighted by Gasteiger charge is -2.32. The van der Waals surface area contributed by atoms with E-state index in [1.165, 1.54) is 12.8 Å². The maximum absolute atomic E-state index is 13.5. The number of benzene rings is 1. The lowest BCUT2D eigenvalue weighted by atomic mass is 9.94. The third-order valence-electron chi connectivity index (χ3n) is 8.62. The zero-order valence-corrected chi connectivity index (χ0v) is 24.6. The Bertz CT molecular complexity index is 1060. The summed E-state index contributed by atoms with van der Waals surface area (Å²) in [5, 5.41) is 11.9. The number of para-hydroxylation sites is 1. The van der Waals surface area contributed by atoms with Gasteiger partial charge in [-0.15, -0.1) is 0 Å². The molecule has 4 amide bonds. The number of amides is 4. The Balaban J connectivity index is 1.49. The molecule has 2 heterocycles. The first-order valence-electron chi connectivity index (χ1n) is 15.4. The number of hydrogen-bond acceptors (Lipinski definition) is 6. The van der Waals surface area contributed by atoms with Crippen molar-refractivity contribution in [3.8, 4) is 5.75 Å². The van der Waals surface area contributed by atoms with Crippen LogP contribution in [0.4, 0.5) is 0 Å².